The van der Waals surface area contributed by atoms with Crippen LogP contribution in [-0.2, 0) is 4.74 Å². The van der Waals surface area contributed by atoms with E-state index in [1.54, 1.807) is 12.1 Å². The smallest absolute Gasteiger partial charge is 0.411 e. The van der Waals surface area contributed by atoms with Crippen molar-refractivity contribution in [3.05, 3.63) is 29.3 Å². The average Bonchev–Trinajstić information content (AvgIpc) is 2.39. The molecule has 0 radical (unpaired) electrons. The van der Waals surface area contributed by atoms with E-state index in [0.29, 0.717) is 18.1 Å². The van der Waals surface area contributed by atoms with E-state index in [-0.39, 0.29) is 13.2 Å². The van der Waals surface area contributed by atoms with Gasteiger partial charge in [0.2, 0.25) is 0 Å². The third-order valence-corrected chi connectivity index (χ3v) is 2.59. The summed E-state index contributed by atoms with van der Waals surface area (Å²) in [5.41, 5.74) is 1.81. The standard InChI is InChI=1S/C15H16ClF3O2/c1-12-10-14(6-5-13(12)4-2-3-7-16)21-9-8-20-11-15(17,18)19/h5-6,10H,3,7-9,11H2,1H3. The number of benzene rings is 1. The molecule has 0 fully saturated rings. The van der Waals surface area contributed by atoms with Crippen LogP contribution in [0.25, 0.3) is 0 Å². The summed E-state index contributed by atoms with van der Waals surface area (Å²) in [6.07, 6.45) is -3.68. The summed E-state index contributed by atoms with van der Waals surface area (Å²) in [7, 11) is 0. The van der Waals surface area contributed by atoms with Gasteiger partial charge in [0.05, 0.1) is 6.61 Å². The predicted octanol–water partition coefficient (Wildman–Crippen LogP) is 3.93. The number of hydrogen-bond donors (Lipinski definition) is 0. The first-order chi connectivity index (χ1) is 9.92. The molecule has 0 heterocycles. The van der Waals surface area contributed by atoms with Gasteiger partial charge >= 0.3 is 6.18 Å². The Kier molecular flexibility index (Phi) is 7.41. The van der Waals surface area contributed by atoms with E-state index in [1.165, 1.54) is 0 Å². The molecule has 21 heavy (non-hydrogen) atoms. The molecule has 6 heteroatoms. The lowest BCUT2D eigenvalue weighted by atomic mass is 10.1. The van der Waals surface area contributed by atoms with Crippen LogP contribution in [0.2, 0.25) is 0 Å². The quantitative estimate of drug-likeness (QED) is 0.449. The van der Waals surface area contributed by atoms with E-state index in [2.05, 4.69) is 16.6 Å². The van der Waals surface area contributed by atoms with Crippen LogP contribution >= 0.6 is 11.6 Å². The third-order valence-electron chi connectivity index (χ3n) is 2.40. The van der Waals surface area contributed by atoms with Gasteiger partial charge in [-0.25, -0.2) is 0 Å². The molecule has 0 saturated carbocycles. The lowest BCUT2D eigenvalue weighted by Gasteiger charge is -2.10. The van der Waals surface area contributed by atoms with Crippen molar-refractivity contribution in [3.63, 3.8) is 0 Å². The lowest BCUT2D eigenvalue weighted by molar-refractivity contribution is -0.175. The van der Waals surface area contributed by atoms with Gasteiger partial charge in [0.25, 0.3) is 0 Å². The highest BCUT2D eigenvalue weighted by atomic mass is 35.5. The summed E-state index contributed by atoms with van der Waals surface area (Å²) in [5, 5.41) is 0. The van der Waals surface area contributed by atoms with Crippen molar-refractivity contribution < 1.29 is 22.6 Å². The molecule has 0 atom stereocenters. The molecule has 0 aliphatic heterocycles. The molecule has 0 aliphatic carbocycles. The number of ether oxygens (including phenoxy) is 2. The van der Waals surface area contributed by atoms with Gasteiger partial charge < -0.3 is 9.47 Å². The summed E-state index contributed by atoms with van der Waals surface area (Å²) in [4.78, 5) is 0. The van der Waals surface area contributed by atoms with E-state index >= 15 is 0 Å². The Hall–Kier alpha value is -1.38. The fourth-order valence-corrected chi connectivity index (χ4v) is 1.57. The van der Waals surface area contributed by atoms with Crippen LogP contribution in [-0.4, -0.2) is 31.9 Å². The molecule has 1 aromatic rings. The Bertz CT molecular complexity index is 504. The van der Waals surface area contributed by atoms with E-state index in [9.17, 15) is 13.2 Å². The first kappa shape index (κ1) is 17.7. The minimum absolute atomic E-state index is 0.0623. The Labute approximate surface area is 127 Å². The van der Waals surface area contributed by atoms with Crippen molar-refractivity contribution in [2.45, 2.75) is 19.5 Å². The Morgan fingerprint density at radius 1 is 1.24 bits per heavy atom. The van der Waals surface area contributed by atoms with E-state index < -0.39 is 12.8 Å². The van der Waals surface area contributed by atoms with Crippen LogP contribution in [0.3, 0.4) is 0 Å². The molecular formula is C15H16ClF3O2. The Morgan fingerprint density at radius 2 is 2.00 bits per heavy atom. The topological polar surface area (TPSA) is 18.5 Å². The highest BCUT2D eigenvalue weighted by molar-refractivity contribution is 6.18. The molecule has 116 valence electrons. The maximum absolute atomic E-state index is 11.8. The van der Waals surface area contributed by atoms with Crippen LogP contribution in [0.4, 0.5) is 13.2 Å². The van der Waals surface area contributed by atoms with E-state index in [0.717, 1.165) is 11.1 Å². The minimum atomic E-state index is -4.31. The molecular weight excluding hydrogens is 305 g/mol. The van der Waals surface area contributed by atoms with Gasteiger partial charge in [-0.15, -0.1) is 11.6 Å². The van der Waals surface area contributed by atoms with Crippen molar-refractivity contribution >= 4 is 11.6 Å². The molecule has 0 spiro atoms. The molecule has 0 aliphatic rings. The van der Waals surface area contributed by atoms with Crippen LogP contribution < -0.4 is 4.74 Å². The second kappa shape index (κ2) is 8.81. The van der Waals surface area contributed by atoms with Crippen molar-refractivity contribution in [1.29, 1.82) is 0 Å². The van der Waals surface area contributed by atoms with Gasteiger partial charge in [-0.3, -0.25) is 0 Å². The average molecular weight is 321 g/mol. The SMILES string of the molecule is Cc1cc(OCCOCC(F)(F)F)ccc1C#CCCCl. The molecule has 0 unspecified atom stereocenters. The zero-order chi connectivity index (χ0) is 15.7. The summed E-state index contributed by atoms with van der Waals surface area (Å²) >= 11 is 5.54. The van der Waals surface area contributed by atoms with Crippen molar-refractivity contribution in [3.8, 4) is 17.6 Å². The first-order valence-electron chi connectivity index (χ1n) is 6.35. The van der Waals surface area contributed by atoms with Gasteiger partial charge in [-0.1, -0.05) is 11.8 Å². The molecule has 0 saturated heterocycles. The van der Waals surface area contributed by atoms with Crippen LogP contribution in [0, 0.1) is 18.8 Å². The number of aryl methyl sites for hydroxylation is 1. The fourth-order valence-electron chi connectivity index (χ4n) is 1.48. The zero-order valence-electron chi connectivity index (χ0n) is 11.6. The first-order valence-corrected chi connectivity index (χ1v) is 6.88. The summed E-state index contributed by atoms with van der Waals surface area (Å²) < 4.78 is 45.3. The second-order valence-electron chi connectivity index (χ2n) is 4.23. The molecule has 0 amide bonds. The van der Waals surface area contributed by atoms with Crippen molar-refractivity contribution in [1.82, 2.24) is 0 Å². The Morgan fingerprint density at radius 3 is 2.62 bits per heavy atom. The summed E-state index contributed by atoms with van der Waals surface area (Å²) in [6, 6.07) is 5.32. The lowest BCUT2D eigenvalue weighted by Crippen LogP contribution is -2.19. The van der Waals surface area contributed by atoms with E-state index in [1.807, 2.05) is 13.0 Å². The molecule has 0 aromatic heterocycles. The summed E-state index contributed by atoms with van der Waals surface area (Å²) in [6.45, 7) is 0.574. The monoisotopic (exact) mass is 320 g/mol. The van der Waals surface area contributed by atoms with Gasteiger partial charge in [-0.2, -0.15) is 13.2 Å². The molecule has 2 nitrogen and oxygen atoms in total. The number of halogens is 4. The van der Waals surface area contributed by atoms with Gasteiger partial charge in [0.1, 0.15) is 19.0 Å². The van der Waals surface area contributed by atoms with Gasteiger partial charge in [-0.05, 0) is 30.7 Å². The molecule has 0 N–H and O–H groups in total. The van der Waals surface area contributed by atoms with Crippen LogP contribution in [0.5, 0.6) is 5.75 Å². The second-order valence-corrected chi connectivity index (χ2v) is 4.61. The highest BCUT2D eigenvalue weighted by Gasteiger charge is 2.27. The maximum Gasteiger partial charge on any atom is 0.411 e. The van der Waals surface area contributed by atoms with Crippen LogP contribution in [0.15, 0.2) is 18.2 Å². The van der Waals surface area contributed by atoms with Crippen molar-refractivity contribution in [2.24, 2.45) is 0 Å². The number of rotatable bonds is 6. The number of alkyl halides is 4. The van der Waals surface area contributed by atoms with Gasteiger partial charge in [0, 0.05) is 17.9 Å². The molecule has 1 aromatic carbocycles. The number of hydrogen-bond acceptors (Lipinski definition) is 2. The van der Waals surface area contributed by atoms with E-state index in [4.69, 9.17) is 16.3 Å². The fraction of sp³-hybridized carbons (Fsp3) is 0.467. The highest BCUT2D eigenvalue weighted by Crippen LogP contribution is 2.17. The summed E-state index contributed by atoms with van der Waals surface area (Å²) in [5.74, 6) is 7.00. The van der Waals surface area contributed by atoms with Gasteiger partial charge in [0.15, 0.2) is 0 Å². The molecule has 0 bridgehead atoms. The van der Waals surface area contributed by atoms with Crippen LogP contribution in [0.1, 0.15) is 17.5 Å². The third kappa shape index (κ3) is 7.84. The van der Waals surface area contributed by atoms with Crippen molar-refractivity contribution in [2.75, 3.05) is 25.7 Å². The largest absolute Gasteiger partial charge is 0.491 e. The maximum atomic E-state index is 11.8. The zero-order valence-corrected chi connectivity index (χ0v) is 12.4. The molecule has 1 rings (SSSR count). The normalized spacial score (nSPS) is 10.9. The minimum Gasteiger partial charge on any atom is -0.491 e. The Balaban J connectivity index is 2.40. The predicted molar refractivity (Wildman–Crippen MR) is 75.8 cm³/mol.